The van der Waals surface area contributed by atoms with Gasteiger partial charge in [-0.2, -0.15) is 0 Å². The van der Waals surface area contributed by atoms with Gasteiger partial charge in [-0.05, 0) is 28.1 Å². The van der Waals surface area contributed by atoms with Gasteiger partial charge in [0.1, 0.15) is 6.61 Å². The third kappa shape index (κ3) is 3.60. The molecule has 2 rings (SSSR count). The van der Waals surface area contributed by atoms with Gasteiger partial charge < -0.3 is 4.74 Å². The lowest BCUT2D eigenvalue weighted by molar-refractivity contribution is -0.384. The maximum Gasteiger partial charge on any atom is 0.272 e. The molecule has 0 aliphatic heterocycles. The van der Waals surface area contributed by atoms with Crippen molar-refractivity contribution in [1.29, 1.82) is 0 Å². The number of nitro groups is 1. The standard InChI is InChI=1S/C11H6BrCl2NO3S/c12-10-2-1-7(19-10)5-18-11-8(13)3-6(15(16)17)4-9(11)14/h1-4H,5H2. The van der Waals surface area contributed by atoms with Gasteiger partial charge in [0.25, 0.3) is 5.69 Å². The molecule has 19 heavy (non-hydrogen) atoms. The highest BCUT2D eigenvalue weighted by Crippen LogP contribution is 2.37. The average Bonchev–Trinajstić information content (AvgIpc) is 2.73. The molecule has 1 heterocycles. The Bertz CT molecular complexity index is 609. The average molecular weight is 383 g/mol. The van der Waals surface area contributed by atoms with Gasteiger partial charge >= 0.3 is 0 Å². The summed E-state index contributed by atoms with van der Waals surface area (Å²) in [5.74, 6) is 0.249. The van der Waals surface area contributed by atoms with Crippen LogP contribution < -0.4 is 4.74 Å². The van der Waals surface area contributed by atoms with Crippen molar-refractivity contribution in [1.82, 2.24) is 0 Å². The summed E-state index contributed by atoms with van der Waals surface area (Å²) in [5, 5.41) is 10.9. The molecule has 0 N–H and O–H groups in total. The molecule has 1 aromatic carbocycles. The molecule has 4 nitrogen and oxygen atoms in total. The maximum absolute atomic E-state index is 10.6. The Labute approximate surface area is 131 Å². The Morgan fingerprint density at radius 3 is 2.42 bits per heavy atom. The van der Waals surface area contributed by atoms with Crippen LogP contribution in [0.1, 0.15) is 4.88 Å². The van der Waals surface area contributed by atoms with Crippen molar-refractivity contribution in [2.45, 2.75) is 6.61 Å². The number of hydrogen-bond acceptors (Lipinski definition) is 4. The molecule has 0 saturated carbocycles. The number of non-ortho nitro benzene ring substituents is 1. The lowest BCUT2D eigenvalue weighted by Gasteiger charge is -2.08. The molecule has 0 aliphatic carbocycles. The minimum Gasteiger partial charge on any atom is -0.485 e. The minimum absolute atomic E-state index is 0.120. The van der Waals surface area contributed by atoms with E-state index in [1.165, 1.54) is 23.5 Å². The minimum atomic E-state index is -0.558. The number of nitrogens with zero attached hydrogens (tertiary/aromatic N) is 1. The fraction of sp³-hybridized carbons (Fsp3) is 0.0909. The molecule has 0 unspecified atom stereocenters. The Kier molecular flexibility index (Phi) is 4.67. The van der Waals surface area contributed by atoms with Crippen LogP contribution >= 0.6 is 50.5 Å². The first-order valence-electron chi connectivity index (χ1n) is 4.98. The van der Waals surface area contributed by atoms with Crippen LogP contribution in [0.3, 0.4) is 0 Å². The molecular weight excluding hydrogens is 377 g/mol. The van der Waals surface area contributed by atoms with E-state index >= 15 is 0 Å². The van der Waals surface area contributed by atoms with Crippen molar-refractivity contribution in [3.8, 4) is 5.75 Å². The van der Waals surface area contributed by atoms with Crippen molar-refractivity contribution in [2.24, 2.45) is 0 Å². The summed E-state index contributed by atoms with van der Waals surface area (Å²) >= 11 is 16.7. The van der Waals surface area contributed by atoms with Crippen LogP contribution in [0.2, 0.25) is 10.0 Å². The van der Waals surface area contributed by atoms with E-state index in [-0.39, 0.29) is 21.5 Å². The summed E-state index contributed by atoms with van der Waals surface area (Å²) in [6.45, 7) is 0.299. The van der Waals surface area contributed by atoms with Gasteiger partial charge in [-0.25, -0.2) is 0 Å². The van der Waals surface area contributed by atoms with Crippen LogP contribution in [0.5, 0.6) is 5.75 Å². The Hall–Kier alpha value is -0.820. The van der Waals surface area contributed by atoms with Gasteiger partial charge in [0, 0.05) is 17.0 Å². The van der Waals surface area contributed by atoms with Crippen molar-refractivity contribution in [3.63, 3.8) is 0 Å². The smallest absolute Gasteiger partial charge is 0.272 e. The molecule has 0 radical (unpaired) electrons. The van der Waals surface area contributed by atoms with Crippen molar-refractivity contribution in [2.75, 3.05) is 0 Å². The van der Waals surface area contributed by atoms with Gasteiger partial charge in [-0.15, -0.1) is 11.3 Å². The molecule has 0 atom stereocenters. The number of halogens is 3. The SMILES string of the molecule is O=[N+]([O-])c1cc(Cl)c(OCc2ccc(Br)s2)c(Cl)c1. The predicted octanol–water partition coefficient (Wildman–Crippen LogP) is 5.30. The molecule has 0 bridgehead atoms. The Balaban J connectivity index is 2.18. The number of hydrogen-bond donors (Lipinski definition) is 0. The first-order chi connectivity index (χ1) is 8.97. The van der Waals surface area contributed by atoms with Crippen LogP contribution in [0.4, 0.5) is 5.69 Å². The van der Waals surface area contributed by atoms with Gasteiger partial charge in [0.05, 0.1) is 18.8 Å². The van der Waals surface area contributed by atoms with Gasteiger partial charge in [-0.1, -0.05) is 23.2 Å². The van der Waals surface area contributed by atoms with E-state index in [1.54, 1.807) is 0 Å². The number of ether oxygens (including phenoxy) is 1. The second-order valence-corrected chi connectivity index (χ2v) is 6.85. The van der Waals surface area contributed by atoms with Crippen molar-refractivity contribution in [3.05, 3.63) is 53.1 Å². The third-order valence-electron chi connectivity index (χ3n) is 2.18. The lowest BCUT2D eigenvalue weighted by atomic mass is 10.3. The molecule has 0 fully saturated rings. The van der Waals surface area contributed by atoms with E-state index in [9.17, 15) is 10.1 Å². The zero-order chi connectivity index (χ0) is 14.0. The van der Waals surface area contributed by atoms with Crippen LogP contribution in [-0.4, -0.2) is 4.92 Å². The largest absolute Gasteiger partial charge is 0.485 e. The van der Waals surface area contributed by atoms with Crippen LogP contribution in [0.15, 0.2) is 28.1 Å². The topological polar surface area (TPSA) is 52.4 Å². The second kappa shape index (κ2) is 6.09. The number of nitro benzene ring substituents is 1. The number of benzene rings is 1. The first-order valence-corrected chi connectivity index (χ1v) is 7.34. The molecule has 2 aromatic rings. The summed E-state index contributed by atoms with van der Waals surface area (Å²) in [7, 11) is 0. The van der Waals surface area contributed by atoms with Crippen molar-refractivity contribution < 1.29 is 9.66 Å². The summed E-state index contributed by atoms with van der Waals surface area (Å²) in [4.78, 5) is 11.1. The second-order valence-electron chi connectivity index (χ2n) is 3.49. The zero-order valence-electron chi connectivity index (χ0n) is 9.23. The van der Waals surface area contributed by atoms with Gasteiger partial charge in [0.15, 0.2) is 5.75 Å². The van der Waals surface area contributed by atoms with Crippen LogP contribution in [-0.2, 0) is 6.61 Å². The molecule has 0 aliphatic rings. The number of rotatable bonds is 4. The lowest BCUT2D eigenvalue weighted by Crippen LogP contribution is -1.96. The molecule has 0 amide bonds. The highest BCUT2D eigenvalue weighted by atomic mass is 79.9. The predicted molar refractivity (Wildman–Crippen MR) is 79.5 cm³/mol. The number of thiophene rings is 1. The van der Waals surface area contributed by atoms with E-state index in [4.69, 9.17) is 27.9 Å². The summed E-state index contributed by atoms with van der Waals surface area (Å²) < 4.78 is 6.50. The fourth-order valence-corrected chi connectivity index (χ4v) is 3.34. The Morgan fingerprint density at radius 2 is 1.95 bits per heavy atom. The van der Waals surface area contributed by atoms with E-state index in [1.807, 2.05) is 12.1 Å². The van der Waals surface area contributed by atoms with Crippen LogP contribution in [0, 0.1) is 10.1 Å². The molecule has 100 valence electrons. The molecule has 1 aromatic heterocycles. The maximum atomic E-state index is 10.6. The van der Waals surface area contributed by atoms with Crippen LogP contribution in [0.25, 0.3) is 0 Å². The summed E-state index contributed by atoms with van der Waals surface area (Å²) in [6, 6.07) is 6.24. The zero-order valence-corrected chi connectivity index (χ0v) is 13.1. The fourth-order valence-electron chi connectivity index (χ4n) is 1.36. The Morgan fingerprint density at radius 1 is 1.32 bits per heavy atom. The third-order valence-corrected chi connectivity index (χ3v) is 4.34. The van der Waals surface area contributed by atoms with E-state index in [2.05, 4.69) is 15.9 Å². The highest BCUT2D eigenvalue weighted by molar-refractivity contribution is 9.11. The van der Waals surface area contributed by atoms with E-state index in [0.29, 0.717) is 6.61 Å². The molecule has 8 heteroatoms. The van der Waals surface area contributed by atoms with Gasteiger partial charge in [0.2, 0.25) is 0 Å². The van der Waals surface area contributed by atoms with Crippen molar-refractivity contribution >= 4 is 56.2 Å². The summed E-state index contributed by atoms with van der Waals surface area (Å²) in [6.07, 6.45) is 0. The van der Waals surface area contributed by atoms with E-state index < -0.39 is 4.92 Å². The first kappa shape index (κ1) is 14.6. The quantitative estimate of drug-likeness (QED) is 0.532. The summed E-state index contributed by atoms with van der Waals surface area (Å²) in [5.41, 5.74) is -0.166. The van der Waals surface area contributed by atoms with E-state index in [0.717, 1.165) is 8.66 Å². The molecule has 0 spiro atoms. The monoisotopic (exact) mass is 381 g/mol. The van der Waals surface area contributed by atoms with Gasteiger partial charge in [-0.3, -0.25) is 10.1 Å². The molecule has 0 saturated heterocycles. The normalized spacial score (nSPS) is 10.5. The highest BCUT2D eigenvalue weighted by Gasteiger charge is 2.16. The molecular formula is C11H6BrCl2NO3S.